The number of pyridine rings is 1. The van der Waals surface area contributed by atoms with E-state index in [4.69, 9.17) is 9.84 Å². The number of piperazine rings is 1. The van der Waals surface area contributed by atoms with Crippen LogP contribution in [0.3, 0.4) is 0 Å². The number of carboxylic acid groups (broad SMARTS) is 1. The lowest BCUT2D eigenvalue weighted by Crippen LogP contribution is -2.48. The van der Waals surface area contributed by atoms with Crippen molar-refractivity contribution in [2.75, 3.05) is 49.9 Å². The second kappa shape index (κ2) is 14.5. The molecule has 4 amide bonds. The maximum absolute atomic E-state index is 14.8. The van der Waals surface area contributed by atoms with Gasteiger partial charge in [0, 0.05) is 57.3 Å². The lowest BCUT2D eigenvalue weighted by molar-refractivity contribution is 0.0939. The number of anilines is 2. The van der Waals surface area contributed by atoms with Crippen molar-refractivity contribution in [3.05, 3.63) is 89.8 Å². The highest BCUT2D eigenvalue weighted by molar-refractivity contribution is 6.00. The number of hydrogen-bond donors (Lipinski definition) is 5. The van der Waals surface area contributed by atoms with E-state index >= 15 is 0 Å². The van der Waals surface area contributed by atoms with E-state index in [0.29, 0.717) is 55.4 Å². The van der Waals surface area contributed by atoms with Gasteiger partial charge >= 0.3 is 12.1 Å². The van der Waals surface area contributed by atoms with Gasteiger partial charge in [-0.1, -0.05) is 6.07 Å². The number of carbonyl (C=O) groups excluding carboxylic acids is 2. The summed E-state index contributed by atoms with van der Waals surface area (Å²) in [5, 5.41) is 16.7. The quantitative estimate of drug-likeness (QED) is 0.144. The highest BCUT2D eigenvalue weighted by Gasteiger charge is 2.20. The van der Waals surface area contributed by atoms with Crippen LogP contribution in [-0.4, -0.2) is 82.2 Å². The molecule has 2 aromatic carbocycles. The average molecular weight is 634 g/mol. The number of aromatic amines is 1. The predicted octanol–water partition coefficient (Wildman–Crippen LogP) is 5.52. The van der Waals surface area contributed by atoms with Gasteiger partial charge < -0.3 is 35.7 Å². The fraction of sp³-hybridized carbons (Fsp3) is 0.250. The minimum absolute atomic E-state index is 0.0250. The monoisotopic (exact) mass is 633 g/mol. The molecule has 46 heavy (non-hydrogen) atoms. The molecule has 5 rings (SSSR count). The Labute approximate surface area is 263 Å². The van der Waals surface area contributed by atoms with Gasteiger partial charge in [0.05, 0.1) is 28.3 Å². The van der Waals surface area contributed by atoms with Crippen LogP contribution in [0.2, 0.25) is 0 Å². The molecule has 5 N–H and O–H groups in total. The Morgan fingerprint density at radius 3 is 2.46 bits per heavy atom. The van der Waals surface area contributed by atoms with Crippen molar-refractivity contribution in [1.29, 1.82) is 0 Å². The predicted molar refractivity (Wildman–Crippen MR) is 167 cm³/mol. The summed E-state index contributed by atoms with van der Waals surface area (Å²) in [4.78, 5) is 47.0. The Bertz CT molecular complexity index is 1720. The van der Waals surface area contributed by atoms with Crippen LogP contribution in [0.15, 0.2) is 67.0 Å². The van der Waals surface area contributed by atoms with Crippen LogP contribution < -0.4 is 20.7 Å². The number of urea groups is 1. The third-order valence-electron chi connectivity index (χ3n) is 7.33. The van der Waals surface area contributed by atoms with E-state index in [1.165, 1.54) is 35.4 Å². The van der Waals surface area contributed by atoms with Gasteiger partial charge in [0.25, 0.3) is 5.91 Å². The molecular weight excluding hydrogens is 600 g/mol. The Kier molecular flexibility index (Phi) is 10.1. The van der Waals surface area contributed by atoms with Gasteiger partial charge in [0.2, 0.25) is 0 Å². The number of aromatic nitrogens is 2. The smallest absolute Gasteiger partial charge is 0.407 e. The molecule has 0 bridgehead atoms. The fourth-order valence-electron chi connectivity index (χ4n) is 4.87. The number of ether oxygens (including phenoxy) is 1. The van der Waals surface area contributed by atoms with Crippen LogP contribution in [0.5, 0.6) is 11.5 Å². The highest BCUT2D eigenvalue weighted by Crippen LogP contribution is 2.28. The van der Waals surface area contributed by atoms with E-state index in [9.17, 15) is 23.2 Å². The second-order valence-electron chi connectivity index (χ2n) is 10.7. The van der Waals surface area contributed by atoms with E-state index in [0.717, 1.165) is 24.6 Å². The third kappa shape index (κ3) is 8.35. The van der Waals surface area contributed by atoms with Crippen LogP contribution in [0.25, 0.3) is 11.4 Å². The van der Waals surface area contributed by atoms with Gasteiger partial charge in [-0.15, -0.1) is 0 Å². The molecule has 12 nitrogen and oxygen atoms in total. The molecule has 0 atom stereocenters. The zero-order valence-electron chi connectivity index (χ0n) is 25.0. The molecule has 0 unspecified atom stereocenters. The van der Waals surface area contributed by atoms with Crippen molar-refractivity contribution < 1.29 is 33.0 Å². The van der Waals surface area contributed by atoms with Crippen molar-refractivity contribution in [2.24, 2.45) is 0 Å². The van der Waals surface area contributed by atoms with E-state index in [-0.39, 0.29) is 23.0 Å². The van der Waals surface area contributed by atoms with Crippen LogP contribution >= 0.6 is 0 Å². The largest absolute Gasteiger partial charge is 0.465 e. The van der Waals surface area contributed by atoms with E-state index < -0.39 is 23.8 Å². The molecule has 0 aliphatic carbocycles. The standard InChI is InChI=1S/C32H33F2N7O5/c1-20-3-5-24(33)27(15-20)39-31(43)38-26-6-4-22(17-25(26)34)46-23-7-9-35-29(18-23)28-16-21(19-37-28)30(42)36-8-2-10-40-11-13-41(14-12-40)32(44)45/h3-7,9,15-19,37H,2,8,10-14H2,1H3,(H,36,42)(H,44,45)(H2,38,39,43). The molecule has 240 valence electrons. The molecule has 0 saturated carbocycles. The molecule has 3 heterocycles. The molecule has 0 radical (unpaired) electrons. The van der Waals surface area contributed by atoms with Crippen molar-refractivity contribution in [1.82, 2.24) is 25.1 Å². The van der Waals surface area contributed by atoms with E-state index in [1.54, 1.807) is 37.4 Å². The molecule has 0 spiro atoms. The number of amides is 4. The maximum atomic E-state index is 14.8. The molecular formula is C32H33F2N7O5. The van der Waals surface area contributed by atoms with E-state index in [2.05, 4.69) is 30.8 Å². The lowest BCUT2D eigenvalue weighted by Gasteiger charge is -2.33. The molecule has 1 aliphatic rings. The van der Waals surface area contributed by atoms with Crippen LogP contribution in [0.4, 0.5) is 29.7 Å². The summed E-state index contributed by atoms with van der Waals surface area (Å²) in [5.74, 6) is -1.08. The molecule has 2 aromatic heterocycles. The van der Waals surface area contributed by atoms with Crippen LogP contribution in [0, 0.1) is 18.6 Å². The summed E-state index contributed by atoms with van der Waals surface area (Å²) in [5.41, 5.74) is 2.11. The van der Waals surface area contributed by atoms with E-state index in [1.807, 2.05) is 0 Å². The SMILES string of the molecule is Cc1ccc(F)c(NC(=O)Nc2ccc(Oc3ccnc(-c4cc(C(=O)NCCCN5CCN(C(=O)O)CC5)c[nH]4)c3)cc2F)c1. The van der Waals surface area contributed by atoms with Crippen LogP contribution in [-0.2, 0) is 0 Å². The molecule has 1 aliphatic heterocycles. The summed E-state index contributed by atoms with van der Waals surface area (Å²) in [6.45, 7) is 5.29. The Morgan fingerprint density at radius 2 is 1.70 bits per heavy atom. The van der Waals surface area contributed by atoms with Crippen molar-refractivity contribution in [3.63, 3.8) is 0 Å². The first-order valence-corrected chi connectivity index (χ1v) is 14.6. The van der Waals surface area contributed by atoms with Gasteiger partial charge in [-0.2, -0.15) is 0 Å². The fourth-order valence-corrected chi connectivity index (χ4v) is 4.87. The first kappa shape index (κ1) is 31.9. The normalized spacial score (nSPS) is 13.2. The summed E-state index contributed by atoms with van der Waals surface area (Å²) in [6.07, 6.45) is 2.93. The van der Waals surface area contributed by atoms with Crippen molar-refractivity contribution in [2.45, 2.75) is 13.3 Å². The number of nitrogens with zero attached hydrogens (tertiary/aromatic N) is 3. The number of carbonyl (C=O) groups is 3. The summed E-state index contributed by atoms with van der Waals surface area (Å²) < 4.78 is 34.5. The number of aryl methyl sites for hydroxylation is 1. The molecule has 1 fully saturated rings. The maximum Gasteiger partial charge on any atom is 0.407 e. The average Bonchev–Trinajstić information content (AvgIpc) is 3.54. The minimum Gasteiger partial charge on any atom is -0.465 e. The van der Waals surface area contributed by atoms with Gasteiger partial charge in [0.15, 0.2) is 0 Å². The van der Waals surface area contributed by atoms with Crippen molar-refractivity contribution in [3.8, 4) is 22.9 Å². The number of nitrogens with one attached hydrogen (secondary N) is 4. The zero-order valence-corrected chi connectivity index (χ0v) is 25.0. The zero-order chi connectivity index (χ0) is 32.6. The van der Waals surface area contributed by atoms with Crippen molar-refractivity contribution >= 4 is 29.4 Å². The summed E-state index contributed by atoms with van der Waals surface area (Å²) in [6, 6.07) is 12.3. The Hall–Kier alpha value is -5.50. The van der Waals surface area contributed by atoms with Gasteiger partial charge in [-0.05, 0) is 61.9 Å². The van der Waals surface area contributed by atoms with Gasteiger partial charge in [0.1, 0.15) is 23.1 Å². The molecule has 4 aromatic rings. The first-order valence-electron chi connectivity index (χ1n) is 14.6. The number of halogens is 2. The third-order valence-corrected chi connectivity index (χ3v) is 7.33. The second-order valence-corrected chi connectivity index (χ2v) is 10.7. The van der Waals surface area contributed by atoms with Gasteiger partial charge in [-0.3, -0.25) is 14.7 Å². The minimum atomic E-state index is -0.898. The number of benzene rings is 2. The molecule has 1 saturated heterocycles. The Morgan fingerprint density at radius 1 is 0.935 bits per heavy atom. The topological polar surface area (TPSA) is 152 Å². The summed E-state index contributed by atoms with van der Waals surface area (Å²) >= 11 is 0. The summed E-state index contributed by atoms with van der Waals surface area (Å²) in [7, 11) is 0. The van der Waals surface area contributed by atoms with Gasteiger partial charge in [-0.25, -0.2) is 18.4 Å². The number of hydrogen-bond acceptors (Lipinski definition) is 6. The highest BCUT2D eigenvalue weighted by atomic mass is 19.1. The Balaban J connectivity index is 1.11. The number of H-pyrrole nitrogens is 1. The van der Waals surface area contributed by atoms with Crippen LogP contribution in [0.1, 0.15) is 22.3 Å². The first-order chi connectivity index (χ1) is 22.1. The lowest BCUT2D eigenvalue weighted by atomic mass is 10.2. The number of rotatable bonds is 10. The molecule has 14 heteroatoms.